The van der Waals surface area contributed by atoms with E-state index in [1.165, 1.54) is 23.9 Å². The molecule has 3 rings (SSSR count). The number of carbonyl (C=O) groups is 2. The zero-order valence-electron chi connectivity index (χ0n) is 14.9. The Labute approximate surface area is 173 Å². The van der Waals surface area contributed by atoms with E-state index in [-0.39, 0.29) is 30.3 Å². The van der Waals surface area contributed by atoms with Crippen LogP contribution in [-0.4, -0.2) is 43.1 Å². The number of rotatable bonds is 7. The Morgan fingerprint density at radius 2 is 2.28 bits per heavy atom. The number of thioether (sulfide) groups is 1. The fraction of sp³-hybridized carbons (Fsp3) is 0.176. The number of nitro benzene ring substituents is 1. The van der Waals surface area contributed by atoms with Crippen LogP contribution in [0.4, 0.5) is 5.69 Å². The molecule has 12 heteroatoms. The van der Waals surface area contributed by atoms with E-state index < -0.39 is 10.9 Å². The number of carboxylic acid groups (broad SMARTS) is 1. The number of nitro groups is 1. The summed E-state index contributed by atoms with van der Waals surface area (Å²) in [6.07, 6.45) is 2.99. The molecule has 10 nitrogen and oxygen atoms in total. The molecule has 0 saturated carbocycles. The number of ether oxygens (including phenoxy) is 1. The predicted molar refractivity (Wildman–Crippen MR) is 109 cm³/mol. The highest BCUT2D eigenvalue weighted by Crippen LogP contribution is 2.35. The maximum atomic E-state index is 12.0. The van der Waals surface area contributed by atoms with Gasteiger partial charge in [0.2, 0.25) is 0 Å². The van der Waals surface area contributed by atoms with E-state index in [1.807, 2.05) is 0 Å². The van der Waals surface area contributed by atoms with E-state index in [0.29, 0.717) is 26.0 Å². The van der Waals surface area contributed by atoms with Gasteiger partial charge in [0, 0.05) is 23.4 Å². The molecule has 1 aliphatic heterocycles. The van der Waals surface area contributed by atoms with Crippen molar-refractivity contribution in [3.05, 3.63) is 45.0 Å². The molecule has 2 aromatic rings. The summed E-state index contributed by atoms with van der Waals surface area (Å²) >= 11 is 6.07. The van der Waals surface area contributed by atoms with Gasteiger partial charge in [-0.3, -0.25) is 24.4 Å². The van der Waals surface area contributed by atoms with Gasteiger partial charge in [0.05, 0.1) is 35.6 Å². The van der Waals surface area contributed by atoms with Crippen LogP contribution in [0, 0.1) is 10.1 Å². The normalized spacial score (nSPS) is 14.9. The van der Waals surface area contributed by atoms with Gasteiger partial charge in [-0.2, -0.15) is 5.10 Å². The Morgan fingerprint density at radius 1 is 1.52 bits per heavy atom. The summed E-state index contributed by atoms with van der Waals surface area (Å²) in [6, 6.07) is 4.37. The van der Waals surface area contributed by atoms with Gasteiger partial charge in [-0.1, -0.05) is 24.0 Å². The first-order chi connectivity index (χ1) is 13.8. The van der Waals surface area contributed by atoms with Gasteiger partial charge in [-0.15, -0.1) is 0 Å². The lowest BCUT2D eigenvalue weighted by molar-refractivity contribution is -0.385. The zero-order chi connectivity index (χ0) is 21.1. The summed E-state index contributed by atoms with van der Waals surface area (Å²) in [5.74, 6) is -1.25. The van der Waals surface area contributed by atoms with Crippen molar-refractivity contribution in [1.82, 2.24) is 15.1 Å². The maximum Gasteiger partial charge on any atom is 0.311 e. The fourth-order valence-electron chi connectivity index (χ4n) is 2.63. The minimum atomic E-state index is -0.988. The van der Waals surface area contributed by atoms with Crippen LogP contribution in [0.2, 0.25) is 0 Å². The highest BCUT2D eigenvalue weighted by Gasteiger charge is 2.24. The molecule has 0 spiro atoms. The van der Waals surface area contributed by atoms with Crippen LogP contribution in [0.25, 0.3) is 17.3 Å². The lowest BCUT2D eigenvalue weighted by Crippen LogP contribution is -2.17. The molecule has 1 aliphatic rings. The van der Waals surface area contributed by atoms with Crippen molar-refractivity contribution in [2.75, 3.05) is 7.11 Å². The number of aliphatic carboxylic acids is 1. The van der Waals surface area contributed by atoms with Gasteiger partial charge in [-0.25, -0.2) is 0 Å². The molecular weight excluding hydrogens is 420 g/mol. The second-order valence-electron chi connectivity index (χ2n) is 5.84. The van der Waals surface area contributed by atoms with Gasteiger partial charge >= 0.3 is 11.7 Å². The monoisotopic (exact) mass is 434 g/mol. The molecule has 0 bridgehead atoms. The number of aromatic nitrogens is 2. The lowest BCUT2D eigenvalue weighted by Gasteiger charge is -2.04. The first kappa shape index (κ1) is 20.5. The number of benzene rings is 1. The number of nitrogens with one attached hydrogen (secondary N) is 1. The molecule has 1 saturated heterocycles. The van der Waals surface area contributed by atoms with Crippen LogP contribution in [0.5, 0.6) is 5.75 Å². The smallest absolute Gasteiger partial charge is 0.311 e. The number of carbonyl (C=O) groups excluding carboxylic acids is 1. The Hall–Kier alpha value is -3.25. The van der Waals surface area contributed by atoms with Crippen LogP contribution >= 0.6 is 24.0 Å². The largest absolute Gasteiger partial charge is 0.490 e. The second-order valence-corrected chi connectivity index (χ2v) is 7.55. The van der Waals surface area contributed by atoms with Crippen molar-refractivity contribution in [2.24, 2.45) is 0 Å². The number of hydrogen-bond acceptors (Lipinski definition) is 8. The summed E-state index contributed by atoms with van der Waals surface area (Å²) in [5.41, 5.74) is 1.04. The van der Waals surface area contributed by atoms with E-state index in [2.05, 4.69) is 10.4 Å². The second kappa shape index (κ2) is 8.41. The van der Waals surface area contributed by atoms with Crippen molar-refractivity contribution in [2.45, 2.75) is 13.0 Å². The molecule has 1 amide bonds. The minimum absolute atomic E-state index is 0.0973. The van der Waals surface area contributed by atoms with Gasteiger partial charge < -0.3 is 15.2 Å². The van der Waals surface area contributed by atoms with E-state index in [0.717, 1.165) is 11.8 Å². The lowest BCUT2D eigenvalue weighted by atomic mass is 10.1. The van der Waals surface area contributed by atoms with Crippen LogP contribution in [0.3, 0.4) is 0 Å². The number of aryl methyl sites for hydroxylation is 1. The molecule has 0 atom stereocenters. The van der Waals surface area contributed by atoms with E-state index >= 15 is 0 Å². The summed E-state index contributed by atoms with van der Waals surface area (Å²) in [4.78, 5) is 34.0. The summed E-state index contributed by atoms with van der Waals surface area (Å²) < 4.78 is 6.76. The topological polar surface area (TPSA) is 137 Å². The Morgan fingerprint density at radius 3 is 2.86 bits per heavy atom. The van der Waals surface area contributed by atoms with E-state index in [4.69, 9.17) is 22.1 Å². The average Bonchev–Trinajstić information content (AvgIpc) is 3.22. The molecule has 0 unspecified atom stereocenters. The molecule has 150 valence electrons. The number of methoxy groups -OCH3 is 1. The quantitative estimate of drug-likeness (QED) is 0.291. The van der Waals surface area contributed by atoms with E-state index in [1.54, 1.807) is 18.3 Å². The van der Waals surface area contributed by atoms with Gasteiger partial charge in [0.15, 0.2) is 5.75 Å². The molecule has 2 N–H and O–H groups in total. The molecule has 2 heterocycles. The first-order valence-corrected chi connectivity index (χ1v) is 9.38. The van der Waals surface area contributed by atoms with Gasteiger partial charge in [-0.05, 0) is 18.2 Å². The number of amides is 1. The molecule has 0 aliphatic carbocycles. The van der Waals surface area contributed by atoms with Crippen molar-refractivity contribution in [1.29, 1.82) is 0 Å². The third-order valence-corrected chi connectivity index (χ3v) is 5.09. The molecule has 1 aromatic heterocycles. The number of carboxylic acids is 1. The molecule has 29 heavy (non-hydrogen) atoms. The number of hydrogen-bond donors (Lipinski definition) is 2. The van der Waals surface area contributed by atoms with E-state index in [9.17, 15) is 19.7 Å². The third-order valence-electron chi connectivity index (χ3n) is 3.92. The first-order valence-electron chi connectivity index (χ1n) is 8.15. The Kier molecular flexibility index (Phi) is 5.94. The van der Waals surface area contributed by atoms with Gasteiger partial charge in [0.25, 0.3) is 5.91 Å². The molecular formula is C17H14N4O6S2. The van der Waals surface area contributed by atoms with Crippen LogP contribution in [0.1, 0.15) is 12.0 Å². The van der Waals surface area contributed by atoms with Gasteiger partial charge in [0.1, 0.15) is 4.32 Å². The van der Waals surface area contributed by atoms with Crippen LogP contribution in [0.15, 0.2) is 29.3 Å². The molecule has 0 radical (unpaired) electrons. The number of thiocarbonyl (C=S) groups is 1. The van der Waals surface area contributed by atoms with Crippen molar-refractivity contribution in [3.63, 3.8) is 0 Å². The fourth-order valence-corrected chi connectivity index (χ4v) is 3.67. The summed E-state index contributed by atoms with van der Waals surface area (Å²) in [6.45, 7) is 0.0987. The predicted octanol–water partition coefficient (Wildman–Crippen LogP) is 2.43. The summed E-state index contributed by atoms with van der Waals surface area (Å²) in [7, 11) is 1.33. The highest BCUT2D eigenvalue weighted by molar-refractivity contribution is 8.26. The van der Waals surface area contributed by atoms with Crippen LogP contribution < -0.4 is 10.1 Å². The number of nitrogens with zero attached hydrogens (tertiary/aromatic N) is 3. The standard InChI is InChI=1S/C17H14N4O6S2/c1-27-12-3-2-9(6-11(12)21(25)26)15-10(7-13-16(24)18-17(28)29-13)8-20(19-15)5-4-14(22)23/h2-3,6-8H,4-5H2,1H3,(H,22,23)(H,18,24,28). The third kappa shape index (κ3) is 4.60. The van der Waals surface area contributed by atoms with Crippen molar-refractivity contribution in [3.8, 4) is 17.0 Å². The summed E-state index contributed by atoms with van der Waals surface area (Å²) in [5, 5.41) is 27.1. The average molecular weight is 434 g/mol. The van der Waals surface area contributed by atoms with Crippen molar-refractivity contribution < 1.29 is 24.4 Å². The Balaban J connectivity index is 2.09. The minimum Gasteiger partial charge on any atom is -0.490 e. The molecule has 1 fully saturated rings. The SMILES string of the molecule is COc1ccc(-c2nn(CCC(=O)O)cc2C=C2SC(=S)NC2=O)cc1[N+](=O)[O-]. The zero-order valence-corrected chi connectivity index (χ0v) is 16.6. The highest BCUT2D eigenvalue weighted by atomic mass is 32.2. The molecule has 1 aromatic carbocycles. The maximum absolute atomic E-state index is 12.0. The van der Waals surface area contributed by atoms with Crippen molar-refractivity contribution >= 4 is 51.9 Å². The van der Waals surface area contributed by atoms with Crippen LogP contribution in [-0.2, 0) is 16.1 Å². The Bertz CT molecular complexity index is 1060.